The molecule has 2 heterocycles. The van der Waals surface area contributed by atoms with E-state index < -0.39 is 0 Å². The summed E-state index contributed by atoms with van der Waals surface area (Å²) < 4.78 is 2.64. The van der Waals surface area contributed by atoms with Crippen molar-refractivity contribution in [2.45, 2.75) is 65.5 Å². The maximum Gasteiger partial charge on any atom is 0.109 e. The molecule has 3 atom stereocenters. The Bertz CT molecular complexity index is 449. The highest BCUT2D eigenvalue weighted by Crippen LogP contribution is 2.43. The summed E-state index contributed by atoms with van der Waals surface area (Å²) in [5.74, 6) is 3.04. The lowest BCUT2D eigenvalue weighted by Crippen LogP contribution is -2.27. The van der Waals surface area contributed by atoms with Crippen LogP contribution in [0.5, 0.6) is 0 Å². The van der Waals surface area contributed by atoms with E-state index in [0.29, 0.717) is 6.04 Å². The van der Waals surface area contributed by atoms with E-state index >= 15 is 0 Å². The molecule has 0 bridgehead atoms. The molecule has 1 aliphatic carbocycles. The summed E-state index contributed by atoms with van der Waals surface area (Å²) in [4.78, 5) is 4.90. The summed E-state index contributed by atoms with van der Waals surface area (Å²) in [7, 11) is 0. The molecule has 19 heavy (non-hydrogen) atoms. The van der Waals surface area contributed by atoms with Crippen molar-refractivity contribution in [1.29, 1.82) is 0 Å². The van der Waals surface area contributed by atoms with Gasteiger partial charge in [-0.25, -0.2) is 4.98 Å². The van der Waals surface area contributed by atoms with Gasteiger partial charge in [-0.3, -0.25) is 0 Å². The Balaban J connectivity index is 1.97. The quantitative estimate of drug-likeness (QED) is 0.906. The van der Waals surface area contributed by atoms with E-state index in [-0.39, 0.29) is 0 Å². The molecular weight excluding hydrogens is 234 g/mol. The molecule has 3 rings (SSSR count). The van der Waals surface area contributed by atoms with Gasteiger partial charge in [-0.05, 0) is 24.7 Å². The molecule has 1 saturated carbocycles. The number of nitrogens with zero attached hydrogens (tertiary/aromatic N) is 2. The van der Waals surface area contributed by atoms with Crippen molar-refractivity contribution < 1.29 is 0 Å². The van der Waals surface area contributed by atoms with Crippen LogP contribution in [0.4, 0.5) is 0 Å². The zero-order valence-corrected chi connectivity index (χ0v) is 12.6. The van der Waals surface area contributed by atoms with Gasteiger partial charge in [-0.1, -0.05) is 27.2 Å². The highest BCUT2D eigenvalue weighted by atomic mass is 15.1. The van der Waals surface area contributed by atoms with Gasteiger partial charge in [-0.15, -0.1) is 0 Å². The monoisotopic (exact) mass is 261 g/mol. The van der Waals surface area contributed by atoms with Crippen molar-refractivity contribution in [3.05, 3.63) is 17.2 Å². The van der Waals surface area contributed by atoms with E-state index in [1.165, 1.54) is 36.5 Å². The number of aromatic nitrogens is 2. The van der Waals surface area contributed by atoms with Crippen LogP contribution in [0.15, 0.2) is 0 Å². The molecule has 106 valence electrons. The van der Waals surface area contributed by atoms with E-state index in [0.717, 1.165) is 37.8 Å². The lowest BCUT2D eigenvalue weighted by atomic mass is 9.93. The number of fused-ring (bicyclic) bond motifs is 1. The molecule has 0 radical (unpaired) electrons. The third kappa shape index (κ3) is 2.12. The molecule has 2 aliphatic rings. The first-order chi connectivity index (χ1) is 9.26. The summed E-state index contributed by atoms with van der Waals surface area (Å²) in [6, 6.07) is 0.703. The molecule has 0 saturated heterocycles. The van der Waals surface area contributed by atoms with Crippen molar-refractivity contribution in [3.8, 4) is 0 Å². The fraction of sp³-hybridized carbons (Fsp3) is 0.812. The number of nitrogens with one attached hydrogen (secondary N) is 1. The van der Waals surface area contributed by atoms with Gasteiger partial charge in [0, 0.05) is 37.7 Å². The van der Waals surface area contributed by atoms with Gasteiger partial charge >= 0.3 is 0 Å². The van der Waals surface area contributed by atoms with Crippen molar-refractivity contribution >= 4 is 0 Å². The van der Waals surface area contributed by atoms with Crippen LogP contribution in [0.1, 0.15) is 63.3 Å². The zero-order valence-electron chi connectivity index (χ0n) is 12.6. The van der Waals surface area contributed by atoms with Crippen molar-refractivity contribution in [2.75, 3.05) is 6.54 Å². The average Bonchev–Trinajstić information content (AvgIpc) is 2.98. The molecule has 0 spiro atoms. The van der Waals surface area contributed by atoms with E-state index in [2.05, 4.69) is 30.7 Å². The molecular formula is C16H27N3. The third-order valence-electron chi connectivity index (χ3n) is 5.35. The Labute approximate surface area is 116 Å². The molecule has 3 unspecified atom stereocenters. The molecule has 1 aromatic rings. The molecule has 3 heteroatoms. The number of aryl methyl sites for hydroxylation is 1. The molecule has 1 aliphatic heterocycles. The van der Waals surface area contributed by atoms with Crippen molar-refractivity contribution in [1.82, 2.24) is 14.9 Å². The number of imidazole rings is 1. The Kier molecular flexibility index (Phi) is 3.66. The number of hydrogen-bond acceptors (Lipinski definition) is 2. The van der Waals surface area contributed by atoms with Crippen LogP contribution in [0.25, 0.3) is 0 Å². The van der Waals surface area contributed by atoms with Gasteiger partial charge < -0.3 is 9.88 Å². The molecule has 3 nitrogen and oxygen atoms in total. The predicted octanol–water partition coefficient (Wildman–Crippen LogP) is 3.09. The summed E-state index contributed by atoms with van der Waals surface area (Å²) in [5, 5.41) is 3.45. The second-order valence-corrected chi connectivity index (χ2v) is 6.24. The summed E-state index contributed by atoms with van der Waals surface area (Å²) in [6.45, 7) is 9.12. The fourth-order valence-electron chi connectivity index (χ4n) is 4.19. The van der Waals surface area contributed by atoms with Gasteiger partial charge in [0.2, 0.25) is 0 Å². The Morgan fingerprint density at radius 2 is 2.16 bits per heavy atom. The Morgan fingerprint density at radius 3 is 2.84 bits per heavy atom. The maximum absolute atomic E-state index is 4.90. The van der Waals surface area contributed by atoms with Gasteiger partial charge in [-0.2, -0.15) is 0 Å². The fourth-order valence-corrected chi connectivity index (χ4v) is 4.19. The first kappa shape index (κ1) is 13.2. The van der Waals surface area contributed by atoms with Crippen LogP contribution >= 0.6 is 0 Å². The molecule has 1 aromatic heterocycles. The van der Waals surface area contributed by atoms with Gasteiger partial charge in [0.1, 0.15) is 5.82 Å². The highest BCUT2D eigenvalue weighted by molar-refractivity contribution is 5.22. The highest BCUT2D eigenvalue weighted by Gasteiger charge is 2.35. The minimum atomic E-state index is 0.703. The van der Waals surface area contributed by atoms with Crippen LogP contribution in [0.3, 0.4) is 0 Å². The van der Waals surface area contributed by atoms with Crippen LogP contribution in [-0.2, 0) is 19.4 Å². The van der Waals surface area contributed by atoms with Crippen LogP contribution in [0, 0.1) is 11.8 Å². The van der Waals surface area contributed by atoms with Gasteiger partial charge in [0.15, 0.2) is 0 Å². The Morgan fingerprint density at radius 1 is 1.32 bits per heavy atom. The normalized spacial score (nSPS) is 30.6. The van der Waals surface area contributed by atoms with E-state index in [1.807, 2.05) is 0 Å². The number of hydrogen-bond donors (Lipinski definition) is 1. The van der Waals surface area contributed by atoms with E-state index in [9.17, 15) is 0 Å². The summed E-state index contributed by atoms with van der Waals surface area (Å²) in [5.41, 5.74) is 2.85. The smallest absolute Gasteiger partial charge is 0.109 e. The first-order valence-corrected chi connectivity index (χ1v) is 8.05. The minimum absolute atomic E-state index is 0.703. The van der Waals surface area contributed by atoms with Crippen molar-refractivity contribution in [2.24, 2.45) is 11.8 Å². The Hall–Kier alpha value is -0.830. The maximum atomic E-state index is 4.90. The van der Waals surface area contributed by atoms with Gasteiger partial charge in [0.25, 0.3) is 0 Å². The standard InChI is InChI=1S/C16H27N3/c1-4-12-6-7-14(11(12)3)19-15-8-9-17-10-13(15)18-16(19)5-2/h11-12,14,17H,4-10H2,1-3H3. The summed E-state index contributed by atoms with van der Waals surface area (Å²) in [6.07, 6.45) is 6.30. The van der Waals surface area contributed by atoms with Crippen LogP contribution < -0.4 is 5.32 Å². The zero-order chi connectivity index (χ0) is 13.4. The summed E-state index contributed by atoms with van der Waals surface area (Å²) >= 11 is 0. The molecule has 0 aromatic carbocycles. The lowest BCUT2D eigenvalue weighted by Gasteiger charge is -2.26. The molecule has 1 fully saturated rings. The van der Waals surface area contributed by atoms with Crippen LogP contribution in [0.2, 0.25) is 0 Å². The topological polar surface area (TPSA) is 29.9 Å². The first-order valence-electron chi connectivity index (χ1n) is 8.05. The average molecular weight is 261 g/mol. The third-order valence-corrected chi connectivity index (χ3v) is 5.35. The van der Waals surface area contributed by atoms with Gasteiger partial charge in [0.05, 0.1) is 5.69 Å². The predicted molar refractivity (Wildman–Crippen MR) is 78.2 cm³/mol. The van der Waals surface area contributed by atoms with E-state index in [1.54, 1.807) is 0 Å². The second-order valence-electron chi connectivity index (χ2n) is 6.24. The molecule has 1 N–H and O–H groups in total. The van der Waals surface area contributed by atoms with E-state index in [4.69, 9.17) is 4.98 Å². The second kappa shape index (κ2) is 5.28. The lowest BCUT2D eigenvalue weighted by molar-refractivity contribution is 0.318. The minimum Gasteiger partial charge on any atom is -0.328 e. The largest absolute Gasteiger partial charge is 0.328 e. The SMILES string of the molecule is CCc1nc2c(n1C1CCC(CC)C1C)CCNC2. The molecule has 0 amide bonds. The van der Waals surface area contributed by atoms with Crippen LogP contribution in [-0.4, -0.2) is 16.1 Å². The van der Waals surface area contributed by atoms with Crippen molar-refractivity contribution in [3.63, 3.8) is 0 Å². The number of rotatable bonds is 3.